The monoisotopic (exact) mass is 400 g/mol. The first-order chi connectivity index (χ1) is 14.1. The quantitative estimate of drug-likeness (QED) is 0.732. The second-order valence-corrected chi connectivity index (χ2v) is 8.64. The molecule has 7 heteroatoms. The first kappa shape index (κ1) is 20.1. The average molecular weight is 401 g/mol. The lowest BCUT2D eigenvalue weighted by Crippen LogP contribution is -2.40. The molecule has 2 aliphatic rings. The van der Waals surface area contributed by atoms with Gasteiger partial charge in [0.1, 0.15) is 12.0 Å². The lowest BCUT2D eigenvalue weighted by molar-refractivity contribution is -0.120. The van der Waals surface area contributed by atoms with Crippen molar-refractivity contribution < 1.29 is 14.3 Å². The zero-order valence-electron chi connectivity index (χ0n) is 17.5. The normalized spacial score (nSPS) is 23.5. The number of carbonyl (C=O) groups excluding carboxylic acids is 1. The van der Waals surface area contributed by atoms with Crippen LogP contribution in [-0.4, -0.2) is 45.8 Å². The van der Waals surface area contributed by atoms with Crippen molar-refractivity contribution in [2.45, 2.75) is 77.0 Å². The molecular weight excluding hydrogens is 368 g/mol. The molecule has 0 unspecified atom stereocenters. The van der Waals surface area contributed by atoms with Crippen molar-refractivity contribution >= 4 is 16.9 Å². The molecule has 2 saturated carbocycles. The number of hydrogen-bond donors (Lipinski definition) is 1. The zero-order chi connectivity index (χ0) is 20.2. The summed E-state index contributed by atoms with van der Waals surface area (Å²) in [5.74, 6) is 1.16. The number of hydrogen-bond acceptors (Lipinski definition) is 5. The third-order valence-electron chi connectivity index (χ3n) is 6.12. The highest BCUT2D eigenvalue weighted by atomic mass is 16.5. The molecule has 7 nitrogen and oxygen atoms in total. The summed E-state index contributed by atoms with van der Waals surface area (Å²) in [6.07, 6.45) is 12.4. The van der Waals surface area contributed by atoms with Crippen LogP contribution in [0.2, 0.25) is 0 Å². The Kier molecular flexibility index (Phi) is 6.33. The molecule has 0 aromatic carbocycles. The van der Waals surface area contributed by atoms with Gasteiger partial charge in [0.2, 0.25) is 11.8 Å². The zero-order valence-corrected chi connectivity index (χ0v) is 17.5. The van der Waals surface area contributed by atoms with Crippen LogP contribution in [0.25, 0.3) is 11.0 Å². The fraction of sp³-hybridized carbons (Fsp3) is 0.682. The van der Waals surface area contributed by atoms with E-state index in [0.717, 1.165) is 23.9 Å². The van der Waals surface area contributed by atoms with Gasteiger partial charge in [0, 0.05) is 25.2 Å². The summed E-state index contributed by atoms with van der Waals surface area (Å²) in [6.45, 7) is 4.70. The van der Waals surface area contributed by atoms with Gasteiger partial charge in [-0.15, -0.1) is 0 Å². The predicted octanol–water partition coefficient (Wildman–Crippen LogP) is 3.64. The van der Waals surface area contributed by atoms with Gasteiger partial charge in [-0.05, 0) is 44.6 Å². The molecule has 158 valence electrons. The van der Waals surface area contributed by atoms with Gasteiger partial charge in [-0.2, -0.15) is 0 Å². The molecule has 0 spiro atoms. The first-order valence-electron chi connectivity index (χ1n) is 10.9. The molecule has 4 rings (SSSR count). The number of carbonyl (C=O) groups is 1. The molecule has 2 aromatic rings. The molecule has 29 heavy (non-hydrogen) atoms. The molecule has 0 saturated heterocycles. The van der Waals surface area contributed by atoms with Gasteiger partial charge in [-0.1, -0.05) is 19.3 Å². The number of fused-ring (bicyclic) bond motifs is 1. The van der Waals surface area contributed by atoms with Crippen LogP contribution < -0.4 is 10.1 Å². The van der Waals surface area contributed by atoms with Crippen molar-refractivity contribution in [3.63, 3.8) is 0 Å². The predicted molar refractivity (Wildman–Crippen MR) is 111 cm³/mol. The maximum atomic E-state index is 11.0. The summed E-state index contributed by atoms with van der Waals surface area (Å²) in [7, 11) is 0. The van der Waals surface area contributed by atoms with Gasteiger partial charge >= 0.3 is 0 Å². The Bertz CT molecular complexity index is 825. The van der Waals surface area contributed by atoms with Gasteiger partial charge in [-0.25, -0.2) is 9.97 Å². The minimum Gasteiger partial charge on any atom is -0.477 e. The molecule has 2 aromatic heterocycles. The lowest BCUT2D eigenvalue weighted by Gasteiger charge is -2.35. The Morgan fingerprint density at radius 2 is 2.07 bits per heavy atom. The van der Waals surface area contributed by atoms with E-state index in [4.69, 9.17) is 9.47 Å². The van der Waals surface area contributed by atoms with E-state index in [0.29, 0.717) is 31.1 Å². The Balaban J connectivity index is 1.27. The highest BCUT2D eigenvalue weighted by Crippen LogP contribution is 2.34. The summed E-state index contributed by atoms with van der Waals surface area (Å²) < 4.78 is 14.2. The van der Waals surface area contributed by atoms with Gasteiger partial charge in [-0.3, -0.25) is 4.79 Å². The summed E-state index contributed by atoms with van der Waals surface area (Å²) in [5.41, 5.74) is 0.990. The summed E-state index contributed by atoms with van der Waals surface area (Å²) in [6, 6.07) is 2.69. The van der Waals surface area contributed by atoms with Crippen LogP contribution >= 0.6 is 0 Å². The van der Waals surface area contributed by atoms with Crippen LogP contribution in [0.15, 0.2) is 18.6 Å². The molecule has 0 radical (unpaired) electrons. The maximum absolute atomic E-state index is 11.0. The maximum Gasteiger partial charge on any atom is 0.226 e. The number of ether oxygens (including phenoxy) is 2. The topological polar surface area (TPSA) is 78.3 Å². The largest absolute Gasteiger partial charge is 0.477 e. The standard InChI is InChI=1S/C22H32N4O3/c1-15(25-16(2)27)12-28-19-10-17(11-19)13-29-22-20-8-9-26(21(20)23-14-24-22)18-6-4-3-5-7-18/h8-9,14-15,17-19H,3-7,10-13H2,1-2H3,(H,25,27)/t15-,17-,19-/m0/s1. The molecule has 2 fully saturated rings. The van der Waals surface area contributed by atoms with Crippen LogP contribution in [-0.2, 0) is 9.53 Å². The summed E-state index contributed by atoms with van der Waals surface area (Å²) >= 11 is 0. The molecule has 0 aliphatic heterocycles. The minimum atomic E-state index is -0.0190. The first-order valence-corrected chi connectivity index (χ1v) is 10.9. The Morgan fingerprint density at radius 1 is 1.28 bits per heavy atom. The number of nitrogens with zero attached hydrogens (tertiary/aromatic N) is 3. The molecule has 2 aliphatic carbocycles. The molecule has 0 bridgehead atoms. The Labute approximate surface area is 172 Å². The fourth-order valence-electron chi connectivity index (χ4n) is 4.53. The van der Waals surface area contributed by atoms with Crippen molar-refractivity contribution in [2.24, 2.45) is 5.92 Å². The van der Waals surface area contributed by atoms with Crippen molar-refractivity contribution in [1.29, 1.82) is 0 Å². The molecule has 1 N–H and O–H groups in total. The number of rotatable bonds is 8. The number of amides is 1. The van der Waals surface area contributed by atoms with Gasteiger partial charge in [0.05, 0.1) is 24.7 Å². The second kappa shape index (κ2) is 9.11. The van der Waals surface area contributed by atoms with E-state index in [1.54, 1.807) is 6.33 Å². The van der Waals surface area contributed by atoms with Crippen molar-refractivity contribution in [3.05, 3.63) is 18.6 Å². The third-order valence-corrected chi connectivity index (χ3v) is 6.12. The van der Waals surface area contributed by atoms with Gasteiger partial charge in [0.25, 0.3) is 0 Å². The Hall–Kier alpha value is -2.15. The highest BCUT2D eigenvalue weighted by molar-refractivity contribution is 5.81. The smallest absolute Gasteiger partial charge is 0.226 e. The van der Waals surface area contributed by atoms with E-state index in [-0.39, 0.29) is 18.1 Å². The van der Waals surface area contributed by atoms with E-state index in [2.05, 4.69) is 32.1 Å². The molecular formula is C22H32N4O3. The molecule has 1 amide bonds. The van der Waals surface area contributed by atoms with Crippen LogP contribution in [0.5, 0.6) is 5.88 Å². The Morgan fingerprint density at radius 3 is 2.83 bits per heavy atom. The lowest BCUT2D eigenvalue weighted by atomic mass is 9.83. The number of nitrogens with one attached hydrogen (secondary N) is 1. The highest BCUT2D eigenvalue weighted by Gasteiger charge is 2.31. The van der Waals surface area contributed by atoms with E-state index >= 15 is 0 Å². The minimum absolute atomic E-state index is 0.0190. The van der Waals surface area contributed by atoms with Gasteiger partial charge < -0.3 is 19.4 Å². The van der Waals surface area contributed by atoms with Crippen molar-refractivity contribution in [2.75, 3.05) is 13.2 Å². The van der Waals surface area contributed by atoms with Crippen LogP contribution in [0.1, 0.15) is 64.8 Å². The van der Waals surface area contributed by atoms with E-state index in [1.807, 2.05) is 6.92 Å². The third kappa shape index (κ3) is 4.89. The van der Waals surface area contributed by atoms with E-state index in [9.17, 15) is 4.79 Å². The van der Waals surface area contributed by atoms with Crippen molar-refractivity contribution in [3.8, 4) is 5.88 Å². The van der Waals surface area contributed by atoms with Crippen molar-refractivity contribution in [1.82, 2.24) is 19.9 Å². The van der Waals surface area contributed by atoms with Gasteiger partial charge in [0.15, 0.2) is 0 Å². The average Bonchev–Trinajstić information content (AvgIpc) is 3.11. The van der Waals surface area contributed by atoms with Crippen LogP contribution in [0.3, 0.4) is 0 Å². The summed E-state index contributed by atoms with van der Waals surface area (Å²) in [5, 5.41) is 3.85. The SMILES string of the molecule is CC(=O)N[C@@H](C)CO[C@H]1C[C@H](COc2ncnc3c2ccn3C2CCCCC2)C1. The van der Waals surface area contributed by atoms with E-state index in [1.165, 1.54) is 39.0 Å². The van der Waals surface area contributed by atoms with Crippen LogP contribution in [0, 0.1) is 5.92 Å². The number of aromatic nitrogens is 3. The molecule has 2 heterocycles. The van der Waals surface area contributed by atoms with E-state index < -0.39 is 0 Å². The molecule has 1 atom stereocenters. The second-order valence-electron chi connectivity index (χ2n) is 8.64. The summed E-state index contributed by atoms with van der Waals surface area (Å²) in [4.78, 5) is 20.0. The van der Waals surface area contributed by atoms with Crippen LogP contribution in [0.4, 0.5) is 0 Å². The fourth-order valence-corrected chi connectivity index (χ4v) is 4.53.